The van der Waals surface area contributed by atoms with E-state index in [1.165, 1.54) is 0 Å². The van der Waals surface area contributed by atoms with Gasteiger partial charge in [0.1, 0.15) is 5.75 Å². The minimum absolute atomic E-state index is 1.88. The zero-order chi connectivity index (χ0) is 27.9. The van der Waals surface area contributed by atoms with E-state index in [0.29, 0.717) is 0 Å². The lowest BCUT2D eigenvalue weighted by Gasteiger charge is -2.42. The van der Waals surface area contributed by atoms with Crippen molar-refractivity contribution in [3.8, 4) is 0 Å². The summed E-state index contributed by atoms with van der Waals surface area (Å²) in [5, 5.41) is 2.75. The first-order valence-electron chi connectivity index (χ1n) is 7.12. The Hall–Kier alpha value is -1.32. The van der Waals surface area contributed by atoms with E-state index >= 15 is 0 Å². The summed E-state index contributed by atoms with van der Waals surface area (Å²) >= 11 is 0. The molecule has 0 aliphatic carbocycles. The van der Waals surface area contributed by atoms with Gasteiger partial charge in [0.2, 0.25) is 0 Å². The molecule has 33 heavy (non-hydrogen) atoms. The van der Waals surface area contributed by atoms with Crippen LogP contribution in [0.2, 0.25) is 0 Å². The van der Waals surface area contributed by atoms with E-state index in [1.54, 1.807) is 0 Å². The highest BCUT2D eigenvalue weighted by Gasteiger charge is 2.95. The minimum atomic E-state index is -8.79. The first-order valence-corrected chi connectivity index (χ1v) is 8.73. The van der Waals surface area contributed by atoms with E-state index in [0.717, 1.165) is 0 Å². The minimum Gasteiger partial charge on any atom is -0.323 e. The topological polar surface area (TPSA) is 66.4 Å². The maximum atomic E-state index is 13.2. The van der Waals surface area contributed by atoms with Gasteiger partial charge in [-0.1, -0.05) is 0 Å². The molecule has 0 saturated heterocycles. The molecule has 0 saturated carbocycles. The molecular formula is C11H10F17NO3S. The molecule has 0 aliphatic rings. The van der Waals surface area contributed by atoms with Crippen molar-refractivity contribution in [3.05, 3.63) is 0 Å². The molecule has 0 aromatic carbocycles. The van der Waals surface area contributed by atoms with Crippen LogP contribution in [-0.4, -0.2) is 80.5 Å². The molecule has 0 aromatic rings. The van der Waals surface area contributed by atoms with Crippen LogP contribution in [0.4, 0.5) is 74.6 Å². The zero-order valence-electron chi connectivity index (χ0n) is 15.3. The maximum Gasteiger partial charge on any atom is 0.460 e. The molecule has 2 N–H and O–H groups in total. The van der Waals surface area contributed by atoms with E-state index in [-0.39, 0.29) is 0 Å². The Morgan fingerprint density at radius 1 is 0.545 bits per heavy atom. The maximum absolute atomic E-state index is 13.2. The second-order valence-electron chi connectivity index (χ2n) is 5.87. The highest BCUT2D eigenvalue weighted by atomic mass is 32.2. The van der Waals surface area contributed by atoms with Gasteiger partial charge in [-0.15, -0.1) is 0 Å². The predicted octanol–water partition coefficient (Wildman–Crippen LogP) is 4.72. The van der Waals surface area contributed by atoms with Gasteiger partial charge in [0.05, 0.1) is 0 Å². The third-order valence-electron chi connectivity index (χ3n) is 3.15. The molecule has 0 unspecified atom stereocenters. The second-order valence-corrected chi connectivity index (χ2v) is 7.33. The molecule has 0 heterocycles. The van der Waals surface area contributed by atoms with E-state index < -0.39 is 63.5 Å². The summed E-state index contributed by atoms with van der Waals surface area (Å²) in [5.41, 5.74) is 0. The normalized spacial score (nSPS) is 15.8. The lowest BCUT2D eigenvalue weighted by molar-refractivity contribution is -0.460. The summed E-state index contributed by atoms with van der Waals surface area (Å²) in [7, 11) is -2.74. The van der Waals surface area contributed by atoms with Gasteiger partial charge in [-0.3, -0.25) is 4.55 Å². The first-order chi connectivity index (χ1) is 13.9. The fourth-order valence-electron chi connectivity index (χ4n) is 1.52. The average Bonchev–Trinajstić information content (AvgIpc) is 2.51. The van der Waals surface area contributed by atoms with Crippen LogP contribution in [0.1, 0.15) is 0 Å². The molecule has 0 aromatic heterocycles. The Morgan fingerprint density at radius 2 is 0.758 bits per heavy atom. The zero-order valence-corrected chi connectivity index (χ0v) is 16.1. The van der Waals surface area contributed by atoms with Gasteiger partial charge < -0.3 is 5.32 Å². The van der Waals surface area contributed by atoms with Crippen molar-refractivity contribution < 1.29 is 87.6 Å². The van der Waals surface area contributed by atoms with Crippen molar-refractivity contribution in [2.24, 2.45) is 0 Å². The van der Waals surface area contributed by atoms with Crippen molar-refractivity contribution in [2.75, 3.05) is 19.8 Å². The van der Waals surface area contributed by atoms with Gasteiger partial charge in [0.25, 0.3) is 10.1 Å². The fourth-order valence-corrected chi connectivity index (χ4v) is 2.16. The number of hydrogen-bond acceptors (Lipinski definition) is 3. The molecule has 4 nitrogen and oxygen atoms in total. The SMILES string of the molecule is CNC.O=S(=O)(O)CC(F)(F)C(F)(F)C(F)(F)C(F)(F)C(F)(F)C(F)(F)C(F)(F)C(F)(F)F. The second kappa shape index (κ2) is 9.04. The van der Waals surface area contributed by atoms with Crippen molar-refractivity contribution in [3.63, 3.8) is 0 Å². The van der Waals surface area contributed by atoms with Gasteiger partial charge in [0.15, 0.2) is 0 Å². The summed E-state index contributed by atoms with van der Waals surface area (Å²) in [4.78, 5) is 0. The summed E-state index contributed by atoms with van der Waals surface area (Å²) in [6, 6.07) is 0. The highest BCUT2D eigenvalue weighted by molar-refractivity contribution is 7.85. The number of nitrogens with one attached hydrogen (secondary N) is 1. The van der Waals surface area contributed by atoms with Crippen LogP contribution >= 0.6 is 0 Å². The average molecular weight is 559 g/mol. The Labute approximate surface area is 171 Å². The van der Waals surface area contributed by atoms with E-state index in [2.05, 4.69) is 5.32 Å². The van der Waals surface area contributed by atoms with Crippen LogP contribution < -0.4 is 5.32 Å². The van der Waals surface area contributed by atoms with Crippen LogP contribution in [-0.2, 0) is 10.1 Å². The fraction of sp³-hybridized carbons (Fsp3) is 1.00. The number of hydrogen-bond donors (Lipinski definition) is 2. The monoisotopic (exact) mass is 559 g/mol. The lowest BCUT2D eigenvalue weighted by Crippen LogP contribution is -2.74. The van der Waals surface area contributed by atoms with E-state index in [4.69, 9.17) is 4.55 Å². The molecule has 0 bridgehead atoms. The van der Waals surface area contributed by atoms with Crippen LogP contribution in [0, 0.1) is 0 Å². The first kappa shape index (κ1) is 33.9. The van der Waals surface area contributed by atoms with Crippen LogP contribution in [0.25, 0.3) is 0 Å². The third kappa shape index (κ3) is 5.51. The van der Waals surface area contributed by atoms with E-state index in [9.17, 15) is 83.1 Å². The highest BCUT2D eigenvalue weighted by Crippen LogP contribution is 2.63. The summed E-state index contributed by atoms with van der Waals surface area (Å²) in [6.45, 7) is 0. The molecule has 0 spiro atoms. The van der Waals surface area contributed by atoms with Gasteiger partial charge in [0, 0.05) is 0 Å². The van der Waals surface area contributed by atoms with Crippen LogP contribution in [0.3, 0.4) is 0 Å². The standard InChI is InChI=1S/C9H3F17O3S.C2H7N/c10-2(11,1-30(27,28)29)3(12,13)4(14,15)5(16,17)6(18,19)7(20,21)8(22,23)9(24,25)26;1-3-2/h1H2,(H,27,28,29);3H,1-2H3. The van der Waals surface area contributed by atoms with Gasteiger partial charge in [-0.2, -0.15) is 83.1 Å². The summed E-state index contributed by atoms with van der Waals surface area (Å²) < 4.78 is 245. The number of alkyl halides is 17. The van der Waals surface area contributed by atoms with Crippen molar-refractivity contribution in [1.29, 1.82) is 0 Å². The van der Waals surface area contributed by atoms with Crippen molar-refractivity contribution >= 4 is 10.1 Å². The number of halogens is 17. The Morgan fingerprint density at radius 3 is 0.970 bits per heavy atom. The molecule has 0 rings (SSSR count). The molecule has 22 heteroatoms. The number of rotatable bonds is 8. The Kier molecular flexibility index (Phi) is 9.27. The predicted molar refractivity (Wildman–Crippen MR) is 72.1 cm³/mol. The summed E-state index contributed by atoms with van der Waals surface area (Å²) in [6.07, 6.45) is -7.86. The quantitative estimate of drug-likeness (QED) is 0.334. The molecule has 0 radical (unpaired) electrons. The smallest absolute Gasteiger partial charge is 0.323 e. The molecule has 0 amide bonds. The van der Waals surface area contributed by atoms with Gasteiger partial charge >= 0.3 is 47.6 Å². The molecule has 0 aliphatic heterocycles. The van der Waals surface area contributed by atoms with Crippen LogP contribution in [0.5, 0.6) is 0 Å². The Balaban J connectivity index is 0. The molecular weight excluding hydrogens is 549 g/mol. The Bertz CT molecular complexity index is 774. The van der Waals surface area contributed by atoms with Crippen LogP contribution in [0.15, 0.2) is 0 Å². The van der Waals surface area contributed by atoms with E-state index in [1.807, 2.05) is 14.1 Å². The van der Waals surface area contributed by atoms with Gasteiger partial charge in [-0.25, -0.2) is 0 Å². The third-order valence-corrected chi connectivity index (χ3v) is 3.88. The van der Waals surface area contributed by atoms with Crippen molar-refractivity contribution in [1.82, 2.24) is 5.32 Å². The molecule has 202 valence electrons. The van der Waals surface area contributed by atoms with Crippen molar-refractivity contribution in [2.45, 2.75) is 47.6 Å². The summed E-state index contributed by atoms with van der Waals surface area (Å²) in [5.74, 6) is -62.3. The molecule has 0 atom stereocenters. The van der Waals surface area contributed by atoms with Gasteiger partial charge in [-0.05, 0) is 14.1 Å². The largest absolute Gasteiger partial charge is 0.460 e. The molecule has 0 fully saturated rings. The lowest BCUT2D eigenvalue weighted by atomic mass is 9.89.